The van der Waals surface area contributed by atoms with E-state index in [1.165, 1.54) is 0 Å². The van der Waals surface area contributed by atoms with Crippen LogP contribution in [-0.2, 0) is 4.74 Å². The van der Waals surface area contributed by atoms with Gasteiger partial charge in [-0.15, -0.1) is 0 Å². The van der Waals surface area contributed by atoms with E-state index in [2.05, 4.69) is 0 Å². The molecule has 0 aliphatic carbocycles. The Bertz CT molecular complexity index is 95.1. The fourth-order valence-corrected chi connectivity index (χ4v) is 1.02. The van der Waals surface area contributed by atoms with Crippen LogP contribution in [0, 0.1) is 0 Å². The second kappa shape index (κ2) is 2.64. The molecule has 1 aliphatic rings. The minimum absolute atomic E-state index is 0.199. The van der Waals surface area contributed by atoms with Crippen molar-refractivity contribution in [1.29, 1.82) is 0 Å². The van der Waals surface area contributed by atoms with E-state index in [-0.39, 0.29) is 12.1 Å². The molecule has 1 fully saturated rings. The van der Waals surface area contributed by atoms with Crippen molar-refractivity contribution in [3.63, 3.8) is 0 Å². The zero-order chi connectivity index (χ0) is 6.85. The molecule has 1 N–H and O–H groups in total. The fourth-order valence-electron chi connectivity index (χ4n) is 1.02. The Morgan fingerprint density at radius 3 is 2.33 bits per heavy atom. The van der Waals surface area contributed by atoms with Crippen molar-refractivity contribution in [2.75, 3.05) is 27.3 Å². The number of hydrogen-bond donors (Lipinski definition) is 1. The molecule has 3 nitrogen and oxygen atoms in total. The van der Waals surface area contributed by atoms with Gasteiger partial charge in [-0.05, 0) is 14.1 Å². The lowest BCUT2D eigenvalue weighted by Gasteiger charge is -2.19. The van der Waals surface area contributed by atoms with Crippen LogP contribution in [0.5, 0.6) is 0 Å². The Labute approximate surface area is 55.2 Å². The van der Waals surface area contributed by atoms with Gasteiger partial charge < -0.3 is 14.7 Å². The van der Waals surface area contributed by atoms with Gasteiger partial charge in [0.1, 0.15) is 0 Å². The summed E-state index contributed by atoms with van der Waals surface area (Å²) in [6.45, 7) is 1.15. The van der Waals surface area contributed by atoms with Gasteiger partial charge in [0, 0.05) is 0 Å². The Kier molecular flexibility index (Phi) is 2.05. The number of hydrogen-bond acceptors (Lipinski definition) is 3. The van der Waals surface area contributed by atoms with Crippen molar-refractivity contribution in [2.45, 2.75) is 12.1 Å². The standard InChI is InChI=1S/C6H13NO2/c1-7(2)5-3-9-4-6(5)8/h5-6,8H,3-4H2,1-2H3/t5-,6+/m1/s1. The molecule has 0 saturated carbocycles. The highest BCUT2D eigenvalue weighted by molar-refractivity contribution is 4.79. The highest BCUT2D eigenvalue weighted by atomic mass is 16.5. The molecule has 54 valence electrons. The first kappa shape index (κ1) is 6.99. The monoisotopic (exact) mass is 131 g/mol. The molecule has 2 atom stereocenters. The summed E-state index contributed by atoms with van der Waals surface area (Å²) in [6.07, 6.45) is -0.292. The zero-order valence-corrected chi connectivity index (χ0v) is 5.87. The second-order valence-electron chi connectivity index (χ2n) is 2.64. The molecule has 0 unspecified atom stereocenters. The number of nitrogens with zero attached hydrogens (tertiary/aromatic N) is 1. The molecule has 9 heavy (non-hydrogen) atoms. The highest BCUT2D eigenvalue weighted by Crippen LogP contribution is 2.08. The normalized spacial score (nSPS) is 36.0. The number of ether oxygens (including phenoxy) is 1. The third-order valence-electron chi connectivity index (χ3n) is 1.68. The van der Waals surface area contributed by atoms with Gasteiger partial charge >= 0.3 is 0 Å². The molecule has 0 radical (unpaired) electrons. The van der Waals surface area contributed by atoms with Gasteiger partial charge in [0.15, 0.2) is 0 Å². The van der Waals surface area contributed by atoms with Crippen LogP contribution >= 0.6 is 0 Å². The Balaban J connectivity index is 2.40. The first-order valence-corrected chi connectivity index (χ1v) is 3.14. The lowest BCUT2D eigenvalue weighted by atomic mass is 10.2. The van der Waals surface area contributed by atoms with Crippen LogP contribution in [0.2, 0.25) is 0 Å². The Morgan fingerprint density at radius 2 is 2.11 bits per heavy atom. The van der Waals surface area contributed by atoms with E-state index in [0.29, 0.717) is 13.2 Å². The van der Waals surface area contributed by atoms with E-state index in [4.69, 9.17) is 4.74 Å². The van der Waals surface area contributed by atoms with E-state index in [0.717, 1.165) is 0 Å². The summed E-state index contributed by atoms with van der Waals surface area (Å²) < 4.78 is 5.04. The quantitative estimate of drug-likeness (QED) is 0.511. The van der Waals surface area contributed by atoms with Crippen LogP contribution in [0.15, 0.2) is 0 Å². The molecule has 0 aromatic rings. The van der Waals surface area contributed by atoms with Crippen LogP contribution < -0.4 is 0 Å². The minimum atomic E-state index is -0.292. The predicted octanol–water partition coefficient (Wildman–Crippen LogP) is -0.692. The predicted molar refractivity (Wildman–Crippen MR) is 34.3 cm³/mol. The van der Waals surface area contributed by atoms with E-state index in [1.54, 1.807) is 0 Å². The zero-order valence-electron chi connectivity index (χ0n) is 5.87. The van der Waals surface area contributed by atoms with Crippen LogP contribution in [0.1, 0.15) is 0 Å². The first-order valence-electron chi connectivity index (χ1n) is 3.14. The van der Waals surface area contributed by atoms with Crippen LogP contribution in [0.25, 0.3) is 0 Å². The molecule has 1 rings (SSSR count). The van der Waals surface area contributed by atoms with Crippen LogP contribution in [0.3, 0.4) is 0 Å². The van der Waals surface area contributed by atoms with Crippen molar-refractivity contribution in [3.05, 3.63) is 0 Å². The van der Waals surface area contributed by atoms with Gasteiger partial charge in [-0.2, -0.15) is 0 Å². The number of aliphatic hydroxyl groups is 1. The first-order chi connectivity index (χ1) is 4.22. The fraction of sp³-hybridized carbons (Fsp3) is 1.00. The maximum Gasteiger partial charge on any atom is 0.0950 e. The van der Waals surface area contributed by atoms with E-state index < -0.39 is 0 Å². The molecule has 3 heteroatoms. The molecule has 1 aliphatic heterocycles. The Hall–Kier alpha value is -0.120. The van der Waals surface area contributed by atoms with E-state index in [1.807, 2.05) is 19.0 Å². The molecular formula is C6H13NO2. The maximum absolute atomic E-state index is 9.19. The summed E-state index contributed by atoms with van der Waals surface area (Å²) >= 11 is 0. The molecule has 0 amide bonds. The number of likely N-dealkylation sites (N-methyl/N-ethyl adjacent to an activating group) is 1. The maximum atomic E-state index is 9.19. The second-order valence-corrected chi connectivity index (χ2v) is 2.64. The van der Waals surface area contributed by atoms with Gasteiger partial charge in [-0.3, -0.25) is 0 Å². The topological polar surface area (TPSA) is 32.7 Å². The van der Waals surface area contributed by atoms with E-state index in [9.17, 15) is 5.11 Å². The van der Waals surface area contributed by atoms with Gasteiger partial charge in [-0.1, -0.05) is 0 Å². The molecule has 0 bridgehead atoms. The summed E-state index contributed by atoms with van der Waals surface area (Å²) in [5, 5.41) is 9.19. The average molecular weight is 131 g/mol. The summed E-state index contributed by atoms with van der Waals surface area (Å²) in [5.41, 5.74) is 0. The van der Waals surface area contributed by atoms with Crippen LogP contribution in [-0.4, -0.2) is 49.5 Å². The van der Waals surface area contributed by atoms with E-state index >= 15 is 0 Å². The lowest BCUT2D eigenvalue weighted by Crippen LogP contribution is -2.37. The minimum Gasteiger partial charge on any atom is -0.389 e. The lowest BCUT2D eigenvalue weighted by molar-refractivity contribution is 0.105. The molecule has 1 heterocycles. The van der Waals surface area contributed by atoms with Crippen molar-refractivity contribution in [2.24, 2.45) is 0 Å². The number of aliphatic hydroxyl groups excluding tert-OH is 1. The molecular weight excluding hydrogens is 118 g/mol. The van der Waals surface area contributed by atoms with Gasteiger partial charge in [0.05, 0.1) is 25.4 Å². The van der Waals surface area contributed by atoms with Crippen molar-refractivity contribution >= 4 is 0 Å². The molecule has 0 aromatic heterocycles. The SMILES string of the molecule is CN(C)[C@@H]1COC[C@@H]1O. The average Bonchev–Trinajstić information content (AvgIpc) is 2.13. The third-order valence-corrected chi connectivity index (χ3v) is 1.68. The van der Waals surface area contributed by atoms with Gasteiger partial charge in [0.2, 0.25) is 0 Å². The summed E-state index contributed by atoms with van der Waals surface area (Å²) in [4.78, 5) is 1.98. The Morgan fingerprint density at radius 1 is 1.44 bits per heavy atom. The van der Waals surface area contributed by atoms with Crippen molar-refractivity contribution < 1.29 is 9.84 Å². The number of rotatable bonds is 1. The summed E-state index contributed by atoms with van der Waals surface area (Å²) in [7, 11) is 3.89. The largest absolute Gasteiger partial charge is 0.389 e. The van der Waals surface area contributed by atoms with Gasteiger partial charge in [0.25, 0.3) is 0 Å². The molecule has 1 saturated heterocycles. The summed E-state index contributed by atoms with van der Waals surface area (Å²) in [6, 6.07) is 0.199. The third kappa shape index (κ3) is 1.41. The highest BCUT2D eigenvalue weighted by Gasteiger charge is 2.27. The smallest absolute Gasteiger partial charge is 0.0950 e. The summed E-state index contributed by atoms with van der Waals surface area (Å²) in [5.74, 6) is 0. The van der Waals surface area contributed by atoms with Gasteiger partial charge in [-0.25, -0.2) is 0 Å². The van der Waals surface area contributed by atoms with Crippen molar-refractivity contribution in [1.82, 2.24) is 4.90 Å². The van der Waals surface area contributed by atoms with Crippen LogP contribution in [0.4, 0.5) is 0 Å². The molecule has 0 aromatic carbocycles. The molecule has 0 spiro atoms. The van der Waals surface area contributed by atoms with Crippen molar-refractivity contribution in [3.8, 4) is 0 Å².